The Morgan fingerprint density at radius 1 is 0.786 bits per heavy atom. The van der Waals surface area contributed by atoms with Crippen molar-refractivity contribution >= 4 is 11.6 Å². The van der Waals surface area contributed by atoms with Crippen molar-refractivity contribution in [2.45, 2.75) is 13.8 Å². The van der Waals surface area contributed by atoms with Gasteiger partial charge in [-0.3, -0.25) is 0 Å². The molecule has 0 unspecified atom stereocenters. The first-order valence-electron chi connectivity index (χ1n) is 9.18. The molecule has 142 valence electrons. The Labute approximate surface area is 165 Å². The molecule has 3 rings (SSSR count). The lowest BCUT2D eigenvalue weighted by Gasteiger charge is -2.10. The predicted molar refractivity (Wildman–Crippen MR) is 113 cm³/mol. The molecule has 4 heteroatoms. The molecule has 0 fully saturated rings. The molecule has 0 aliphatic heterocycles. The highest BCUT2D eigenvalue weighted by Crippen LogP contribution is 2.20. The van der Waals surface area contributed by atoms with Crippen LogP contribution in [0, 0.1) is 0 Å². The molecule has 0 radical (unpaired) electrons. The first kappa shape index (κ1) is 19.2. The number of benzene rings is 3. The Kier molecular flexibility index (Phi) is 6.85. The quantitative estimate of drug-likeness (QED) is 0.282. The van der Waals surface area contributed by atoms with Gasteiger partial charge in [-0.2, -0.15) is 0 Å². The third kappa shape index (κ3) is 5.74. The second-order valence-electron chi connectivity index (χ2n) is 5.99. The smallest absolute Gasteiger partial charge is 0.225 e. The summed E-state index contributed by atoms with van der Waals surface area (Å²) in [6.45, 7) is 4.49. The highest BCUT2D eigenvalue weighted by molar-refractivity contribution is 5.96. The molecule has 0 bridgehead atoms. The van der Waals surface area contributed by atoms with E-state index in [9.17, 15) is 0 Å². The Hall–Kier alpha value is -3.53. The lowest BCUT2D eigenvalue weighted by atomic mass is 10.3. The van der Waals surface area contributed by atoms with Crippen molar-refractivity contribution in [3.05, 3.63) is 96.8 Å². The molecule has 0 saturated heterocycles. The fraction of sp³-hybridized carbons (Fsp3) is 0.125. The second-order valence-corrected chi connectivity index (χ2v) is 5.99. The van der Waals surface area contributed by atoms with Crippen LogP contribution in [0.5, 0.6) is 17.2 Å². The summed E-state index contributed by atoms with van der Waals surface area (Å²) >= 11 is 0. The zero-order chi connectivity index (χ0) is 19.6. The molecule has 0 atom stereocenters. The van der Waals surface area contributed by atoms with Gasteiger partial charge in [0.05, 0.1) is 18.6 Å². The Morgan fingerprint density at radius 2 is 1.39 bits per heavy atom. The van der Waals surface area contributed by atoms with E-state index in [0.29, 0.717) is 24.0 Å². The largest absolute Gasteiger partial charge is 0.494 e. The second kappa shape index (κ2) is 9.97. The van der Waals surface area contributed by atoms with Gasteiger partial charge in [-0.05, 0) is 62.4 Å². The molecular formula is C24H23NO3. The van der Waals surface area contributed by atoms with Gasteiger partial charge in [0, 0.05) is 5.57 Å². The van der Waals surface area contributed by atoms with E-state index in [1.54, 1.807) is 6.26 Å². The van der Waals surface area contributed by atoms with Crippen LogP contribution in [0.1, 0.15) is 13.8 Å². The number of para-hydroxylation sites is 2. The van der Waals surface area contributed by atoms with Gasteiger partial charge >= 0.3 is 0 Å². The SMILES string of the molecule is CCOc1ccc(O/C=C(C)/C(=N/c2ccccc2)Oc2ccccc2)cc1. The van der Waals surface area contributed by atoms with E-state index >= 15 is 0 Å². The summed E-state index contributed by atoms with van der Waals surface area (Å²) in [5, 5.41) is 0. The lowest BCUT2D eigenvalue weighted by Crippen LogP contribution is -2.10. The van der Waals surface area contributed by atoms with E-state index in [1.807, 2.05) is 98.8 Å². The lowest BCUT2D eigenvalue weighted by molar-refractivity contribution is 0.339. The van der Waals surface area contributed by atoms with Gasteiger partial charge in [-0.15, -0.1) is 0 Å². The van der Waals surface area contributed by atoms with E-state index in [1.165, 1.54) is 0 Å². The van der Waals surface area contributed by atoms with E-state index in [0.717, 1.165) is 17.0 Å². The van der Waals surface area contributed by atoms with Crippen LogP contribution in [0.25, 0.3) is 0 Å². The summed E-state index contributed by atoms with van der Waals surface area (Å²) in [5.41, 5.74) is 1.57. The van der Waals surface area contributed by atoms with E-state index in [4.69, 9.17) is 14.2 Å². The average molecular weight is 373 g/mol. The molecule has 3 aromatic rings. The monoisotopic (exact) mass is 373 g/mol. The molecule has 28 heavy (non-hydrogen) atoms. The number of rotatable bonds is 7. The summed E-state index contributed by atoms with van der Waals surface area (Å²) in [7, 11) is 0. The van der Waals surface area contributed by atoms with Crippen LogP contribution >= 0.6 is 0 Å². The van der Waals surface area contributed by atoms with Crippen molar-refractivity contribution in [1.29, 1.82) is 0 Å². The Balaban J connectivity index is 1.80. The molecule has 0 saturated carbocycles. The topological polar surface area (TPSA) is 40.0 Å². The first-order chi connectivity index (χ1) is 13.7. The normalized spacial score (nSPS) is 11.8. The molecule has 0 aliphatic rings. The van der Waals surface area contributed by atoms with Crippen molar-refractivity contribution in [1.82, 2.24) is 0 Å². The van der Waals surface area contributed by atoms with Gasteiger partial charge in [0.15, 0.2) is 0 Å². The van der Waals surface area contributed by atoms with Crippen molar-refractivity contribution < 1.29 is 14.2 Å². The fourth-order valence-electron chi connectivity index (χ4n) is 2.40. The average Bonchev–Trinajstić information content (AvgIpc) is 2.74. The summed E-state index contributed by atoms with van der Waals surface area (Å²) in [6, 6.07) is 26.7. The molecule has 4 nitrogen and oxygen atoms in total. The maximum atomic E-state index is 6.00. The van der Waals surface area contributed by atoms with Crippen LogP contribution < -0.4 is 14.2 Å². The molecular weight excluding hydrogens is 350 g/mol. The van der Waals surface area contributed by atoms with Gasteiger partial charge in [-0.25, -0.2) is 4.99 Å². The van der Waals surface area contributed by atoms with Crippen molar-refractivity contribution in [3.63, 3.8) is 0 Å². The fourth-order valence-corrected chi connectivity index (χ4v) is 2.40. The number of ether oxygens (including phenoxy) is 3. The van der Waals surface area contributed by atoms with Crippen LogP contribution in [0.2, 0.25) is 0 Å². The molecule has 0 aliphatic carbocycles. The maximum absolute atomic E-state index is 6.00. The highest BCUT2D eigenvalue weighted by atomic mass is 16.5. The van der Waals surface area contributed by atoms with E-state index in [-0.39, 0.29) is 0 Å². The van der Waals surface area contributed by atoms with Gasteiger partial charge in [0.2, 0.25) is 5.90 Å². The first-order valence-corrected chi connectivity index (χ1v) is 9.18. The molecule has 0 amide bonds. The molecule has 3 aromatic carbocycles. The van der Waals surface area contributed by atoms with Crippen molar-refractivity contribution in [2.75, 3.05) is 6.61 Å². The van der Waals surface area contributed by atoms with Gasteiger partial charge in [-0.1, -0.05) is 36.4 Å². The summed E-state index contributed by atoms with van der Waals surface area (Å²) in [5.74, 6) is 2.71. The number of hydrogen-bond donors (Lipinski definition) is 0. The van der Waals surface area contributed by atoms with E-state index in [2.05, 4.69) is 4.99 Å². The van der Waals surface area contributed by atoms with Crippen molar-refractivity contribution in [3.8, 4) is 17.2 Å². The zero-order valence-electron chi connectivity index (χ0n) is 16.0. The Morgan fingerprint density at radius 3 is 2.04 bits per heavy atom. The Bertz CT molecular complexity index is 917. The number of hydrogen-bond acceptors (Lipinski definition) is 4. The van der Waals surface area contributed by atoms with Gasteiger partial charge in [0.1, 0.15) is 17.2 Å². The minimum Gasteiger partial charge on any atom is -0.494 e. The molecule has 0 spiro atoms. The predicted octanol–water partition coefficient (Wildman–Crippen LogP) is 6.18. The summed E-state index contributed by atoms with van der Waals surface area (Å²) < 4.78 is 17.2. The standard InChI is InChI=1S/C24H23NO3/c1-3-26-21-14-16-22(17-15-21)27-18-19(2)24(25-20-10-6-4-7-11-20)28-23-12-8-5-9-13-23/h4-18H,3H2,1-2H3/b19-18+,25-24-. The van der Waals surface area contributed by atoms with E-state index < -0.39 is 0 Å². The molecule has 0 heterocycles. The summed E-state index contributed by atoms with van der Waals surface area (Å²) in [6.07, 6.45) is 1.64. The summed E-state index contributed by atoms with van der Waals surface area (Å²) in [4.78, 5) is 4.63. The van der Waals surface area contributed by atoms with Crippen LogP contribution in [-0.2, 0) is 0 Å². The minimum absolute atomic E-state index is 0.475. The van der Waals surface area contributed by atoms with Crippen LogP contribution in [0.15, 0.2) is 102 Å². The van der Waals surface area contributed by atoms with Crippen LogP contribution in [-0.4, -0.2) is 12.5 Å². The molecule has 0 aromatic heterocycles. The number of aliphatic imine (C=N–C) groups is 1. The third-order valence-corrected chi connectivity index (χ3v) is 3.79. The minimum atomic E-state index is 0.475. The maximum Gasteiger partial charge on any atom is 0.225 e. The number of nitrogens with zero attached hydrogens (tertiary/aromatic N) is 1. The van der Waals surface area contributed by atoms with Crippen molar-refractivity contribution in [2.24, 2.45) is 4.99 Å². The van der Waals surface area contributed by atoms with Gasteiger partial charge in [0.25, 0.3) is 0 Å². The molecule has 0 N–H and O–H groups in total. The highest BCUT2D eigenvalue weighted by Gasteiger charge is 2.07. The third-order valence-electron chi connectivity index (χ3n) is 3.79. The van der Waals surface area contributed by atoms with Gasteiger partial charge < -0.3 is 14.2 Å². The van der Waals surface area contributed by atoms with Crippen LogP contribution in [0.4, 0.5) is 5.69 Å². The van der Waals surface area contributed by atoms with Crippen LogP contribution in [0.3, 0.4) is 0 Å². The zero-order valence-corrected chi connectivity index (χ0v) is 16.0.